The molecule has 0 bridgehead atoms. The first-order chi connectivity index (χ1) is 8.14. The van der Waals surface area contributed by atoms with Crippen LogP contribution in [-0.4, -0.2) is 47.8 Å². The number of nitrogens with two attached hydrogens (primary N) is 1. The topological polar surface area (TPSA) is 67.6 Å². The van der Waals surface area contributed by atoms with Crippen LogP contribution in [0.25, 0.3) is 0 Å². The molecule has 5 nitrogen and oxygen atoms in total. The molecule has 1 saturated heterocycles. The molecule has 0 atom stereocenters. The number of thiocarbonyl (C=S) groups is 1. The molecule has 1 heterocycles. The van der Waals surface area contributed by atoms with E-state index in [1.54, 1.807) is 4.90 Å². The minimum Gasteiger partial charge on any atom is -0.391 e. The van der Waals surface area contributed by atoms with Crippen LogP contribution in [-0.2, 0) is 4.74 Å². The summed E-state index contributed by atoms with van der Waals surface area (Å²) < 4.78 is 5.22. The van der Waals surface area contributed by atoms with Gasteiger partial charge in [0.25, 0.3) is 0 Å². The predicted octanol–water partition coefficient (Wildman–Crippen LogP) is 0.627. The monoisotopic (exact) mass is 257 g/mol. The van der Waals surface area contributed by atoms with Crippen molar-refractivity contribution in [1.82, 2.24) is 10.2 Å². The Kier molecular flexibility index (Phi) is 3.83. The molecule has 1 saturated carbocycles. The molecule has 96 valence electrons. The lowest BCUT2D eigenvalue weighted by atomic mass is 9.98. The van der Waals surface area contributed by atoms with Crippen LogP contribution in [0.15, 0.2) is 0 Å². The van der Waals surface area contributed by atoms with Crippen molar-refractivity contribution < 1.29 is 9.53 Å². The van der Waals surface area contributed by atoms with E-state index in [0.29, 0.717) is 31.3 Å². The zero-order chi connectivity index (χ0) is 12.3. The Labute approximate surface area is 107 Å². The Morgan fingerprint density at radius 3 is 2.41 bits per heavy atom. The molecule has 0 spiro atoms. The van der Waals surface area contributed by atoms with Gasteiger partial charge in [0.15, 0.2) is 0 Å². The lowest BCUT2D eigenvalue weighted by Crippen LogP contribution is -2.59. The third-order valence-electron chi connectivity index (χ3n) is 3.57. The van der Waals surface area contributed by atoms with Gasteiger partial charge in [0.1, 0.15) is 0 Å². The van der Waals surface area contributed by atoms with Crippen LogP contribution >= 0.6 is 12.2 Å². The Morgan fingerprint density at radius 1 is 1.29 bits per heavy atom. The fraction of sp³-hybridized carbons (Fsp3) is 0.818. The van der Waals surface area contributed by atoms with Crippen molar-refractivity contribution in [2.24, 2.45) is 5.73 Å². The van der Waals surface area contributed by atoms with E-state index in [1.165, 1.54) is 0 Å². The van der Waals surface area contributed by atoms with Gasteiger partial charge >= 0.3 is 6.03 Å². The first-order valence-corrected chi connectivity index (χ1v) is 6.50. The van der Waals surface area contributed by atoms with Gasteiger partial charge < -0.3 is 20.7 Å². The highest BCUT2D eigenvalue weighted by Crippen LogP contribution is 2.30. The zero-order valence-corrected chi connectivity index (χ0v) is 10.7. The number of carbonyl (C=O) groups excluding carboxylic acids is 1. The maximum atomic E-state index is 12.1. The number of hydrogen-bond donors (Lipinski definition) is 2. The van der Waals surface area contributed by atoms with Crippen molar-refractivity contribution in [3.05, 3.63) is 0 Å². The summed E-state index contributed by atoms with van der Waals surface area (Å²) in [5.74, 6) is 0. The van der Waals surface area contributed by atoms with E-state index in [9.17, 15) is 4.79 Å². The van der Waals surface area contributed by atoms with Gasteiger partial charge in [0.2, 0.25) is 0 Å². The summed E-state index contributed by atoms with van der Waals surface area (Å²) in [6.45, 7) is 2.49. The van der Waals surface area contributed by atoms with Crippen molar-refractivity contribution in [1.29, 1.82) is 0 Å². The second-order valence-electron chi connectivity index (χ2n) is 4.68. The highest BCUT2D eigenvalue weighted by atomic mass is 32.1. The summed E-state index contributed by atoms with van der Waals surface area (Å²) in [6.07, 6.45) is 3.86. The molecule has 17 heavy (non-hydrogen) atoms. The molecule has 0 aromatic rings. The Morgan fingerprint density at radius 2 is 1.88 bits per heavy atom. The Hall–Kier alpha value is -0.880. The largest absolute Gasteiger partial charge is 0.391 e. The lowest BCUT2D eigenvalue weighted by molar-refractivity contribution is 0.0519. The van der Waals surface area contributed by atoms with Gasteiger partial charge in [-0.05, 0) is 12.8 Å². The number of hydrogen-bond acceptors (Lipinski definition) is 3. The van der Waals surface area contributed by atoms with E-state index in [4.69, 9.17) is 22.7 Å². The lowest BCUT2D eigenvalue weighted by Gasteiger charge is -2.34. The number of rotatable bonds is 2. The molecular formula is C11H19N3O2S. The average molecular weight is 257 g/mol. The van der Waals surface area contributed by atoms with Crippen LogP contribution in [0.3, 0.4) is 0 Å². The second-order valence-corrected chi connectivity index (χ2v) is 5.12. The number of carbonyl (C=O) groups is 1. The molecule has 1 aliphatic carbocycles. The summed E-state index contributed by atoms with van der Waals surface area (Å²) in [4.78, 5) is 14.3. The SMILES string of the molecule is NC(=S)C1(NC(=O)N2CCOCC2)CCCC1. The molecule has 2 fully saturated rings. The van der Waals surface area contributed by atoms with Crippen molar-refractivity contribution in [3.63, 3.8) is 0 Å². The van der Waals surface area contributed by atoms with Gasteiger partial charge in [0, 0.05) is 13.1 Å². The molecule has 0 radical (unpaired) electrons. The smallest absolute Gasteiger partial charge is 0.318 e. The normalized spacial score (nSPS) is 23.4. The first kappa shape index (κ1) is 12.6. The van der Waals surface area contributed by atoms with Crippen molar-refractivity contribution >= 4 is 23.2 Å². The van der Waals surface area contributed by atoms with E-state index >= 15 is 0 Å². The average Bonchev–Trinajstić information content (AvgIpc) is 2.80. The van der Waals surface area contributed by atoms with Crippen molar-refractivity contribution in [2.75, 3.05) is 26.3 Å². The summed E-state index contributed by atoms with van der Waals surface area (Å²) in [5, 5.41) is 3.03. The quantitative estimate of drug-likeness (QED) is 0.712. The van der Waals surface area contributed by atoms with Gasteiger partial charge in [-0.2, -0.15) is 0 Å². The van der Waals surface area contributed by atoms with Crippen LogP contribution in [0.5, 0.6) is 0 Å². The van der Waals surface area contributed by atoms with Crippen LogP contribution in [0.2, 0.25) is 0 Å². The minimum absolute atomic E-state index is 0.0667. The molecule has 2 rings (SSSR count). The number of amides is 2. The van der Waals surface area contributed by atoms with E-state index in [2.05, 4.69) is 5.32 Å². The van der Waals surface area contributed by atoms with Crippen molar-refractivity contribution in [3.8, 4) is 0 Å². The van der Waals surface area contributed by atoms with Gasteiger partial charge in [-0.1, -0.05) is 25.1 Å². The van der Waals surface area contributed by atoms with E-state index in [1.807, 2.05) is 0 Å². The first-order valence-electron chi connectivity index (χ1n) is 6.09. The van der Waals surface area contributed by atoms with Crippen molar-refractivity contribution in [2.45, 2.75) is 31.2 Å². The van der Waals surface area contributed by atoms with Gasteiger partial charge in [-0.25, -0.2) is 4.79 Å². The Balaban J connectivity index is 1.98. The number of nitrogens with zero attached hydrogens (tertiary/aromatic N) is 1. The molecule has 0 unspecified atom stereocenters. The molecule has 1 aliphatic heterocycles. The number of ether oxygens (including phenoxy) is 1. The van der Waals surface area contributed by atoms with Gasteiger partial charge in [-0.3, -0.25) is 0 Å². The standard InChI is InChI=1S/C11H19N3O2S/c12-9(17)11(3-1-2-4-11)13-10(15)14-5-7-16-8-6-14/h1-8H2,(H2,12,17)(H,13,15). The van der Waals surface area contributed by atoms with Gasteiger partial charge in [0.05, 0.1) is 23.7 Å². The highest BCUT2D eigenvalue weighted by molar-refractivity contribution is 7.80. The number of urea groups is 1. The highest BCUT2D eigenvalue weighted by Gasteiger charge is 2.39. The maximum Gasteiger partial charge on any atom is 0.318 e. The molecule has 0 aromatic heterocycles. The molecule has 2 amide bonds. The fourth-order valence-electron chi connectivity index (χ4n) is 2.46. The summed E-state index contributed by atoms with van der Waals surface area (Å²) in [6, 6.07) is -0.0667. The molecule has 3 N–H and O–H groups in total. The third kappa shape index (κ3) is 2.69. The van der Waals surface area contributed by atoms with Crippen LogP contribution in [0, 0.1) is 0 Å². The number of nitrogens with one attached hydrogen (secondary N) is 1. The van der Waals surface area contributed by atoms with E-state index in [-0.39, 0.29) is 6.03 Å². The molecular weight excluding hydrogens is 238 g/mol. The molecule has 2 aliphatic rings. The number of morpholine rings is 1. The van der Waals surface area contributed by atoms with Crippen LogP contribution in [0.1, 0.15) is 25.7 Å². The zero-order valence-electron chi connectivity index (χ0n) is 9.91. The van der Waals surface area contributed by atoms with Gasteiger partial charge in [-0.15, -0.1) is 0 Å². The van der Waals surface area contributed by atoms with E-state index < -0.39 is 5.54 Å². The fourth-order valence-corrected chi connectivity index (χ4v) is 2.72. The summed E-state index contributed by atoms with van der Waals surface area (Å²) in [7, 11) is 0. The Bertz CT molecular complexity index is 310. The van der Waals surface area contributed by atoms with E-state index in [0.717, 1.165) is 25.7 Å². The minimum atomic E-state index is -0.454. The maximum absolute atomic E-state index is 12.1. The van der Waals surface area contributed by atoms with Crippen LogP contribution in [0.4, 0.5) is 4.79 Å². The molecule has 0 aromatic carbocycles. The predicted molar refractivity (Wildman–Crippen MR) is 68.9 cm³/mol. The summed E-state index contributed by atoms with van der Waals surface area (Å²) in [5.41, 5.74) is 5.33. The third-order valence-corrected chi connectivity index (χ3v) is 3.96. The molecule has 6 heteroatoms. The van der Waals surface area contributed by atoms with Crippen LogP contribution < -0.4 is 11.1 Å². The second kappa shape index (κ2) is 5.18. The summed E-state index contributed by atoms with van der Waals surface area (Å²) >= 11 is 5.11.